The first-order valence-corrected chi connectivity index (χ1v) is 11.2. The molecule has 2 aromatic carbocycles. The maximum Gasteiger partial charge on any atom is 0.254 e. The average Bonchev–Trinajstić information content (AvgIpc) is 2.99. The van der Waals surface area contributed by atoms with E-state index >= 15 is 0 Å². The first-order valence-electron chi connectivity index (χ1n) is 9.76. The lowest BCUT2D eigenvalue weighted by Crippen LogP contribution is -2.42. The Bertz CT molecular complexity index is 1070. The molecule has 2 aromatic rings. The van der Waals surface area contributed by atoms with Gasteiger partial charge in [0.15, 0.2) is 0 Å². The van der Waals surface area contributed by atoms with E-state index in [1.807, 2.05) is 6.92 Å². The van der Waals surface area contributed by atoms with Gasteiger partial charge in [-0.1, -0.05) is 17.7 Å². The zero-order valence-corrected chi connectivity index (χ0v) is 17.8. The van der Waals surface area contributed by atoms with Crippen molar-refractivity contribution in [2.75, 3.05) is 32.7 Å². The quantitative estimate of drug-likeness (QED) is 0.753. The van der Waals surface area contributed by atoms with Gasteiger partial charge in [0.05, 0.1) is 17.0 Å². The van der Waals surface area contributed by atoms with Crippen LogP contribution in [0.4, 0.5) is 8.78 Å². The highest BCUT2D eigenvalue weighted by molar-refractivity contribution is 7.89. The minimum Gasteiger partial charge on any atom is -0.343 e. The Kier molecular flexibility index (Phi) is 7.01. The largest absolute Gasteiger partial charge is 0.343 e. The molecule has 2 amide bonds. The Balaban J connectivity index is 1.58. The number of carbonyl (C=O) groups excluding carboxylic acids is 2. The summed E-state index contributed by atoms with van der Waals surface area (Å²) in [6, 6.07) is 9.13. The molecule has 0 unspecified atom stereocenters. The van der Waals surface area contributed by atoms with Crippen molar-refractivity contribution in [3.8, 4) is 0 Å². The molecule has 0 spiro atoms. The van der Waals surface area contributed by atoms with E-state index < -0.39 is 33.5 Å². The summed E-state index contributed by atoms with van der Waals surface area (Å²) in [5, 5.41) is 2.32. The molecule has 1 saturated heterocycles. The van der Waals surface area contributed by atoms with Crippen molar-refractivity contribution in [2.45, 2.75) is 18.2 Å². The fourth-order valence-corrected chi connectivity index (χ4v) is 4.75. The number of rotatable bonds is 5. The predicted molar refractivity (Wildman–Crippen MR) is 110 cm³/mol. The second-order valence-corrected chi connectivity index (χ2v) is 9.20. The van der Waals surface area contributed by atoms with Gasteiger partial charge >= 0.3 is 0 Å². The Morgan fingerprint density at radius 3 is 2.39 bits per heavy atom. The molecule has 10 heteroatoms. The summed E-state index contributed by atoms with van der Waals surface area (Å²) in [5.74, 6) is -3.06. The van der Waals surface area contributed by atoms with Crippen molar-refractivity contribution in [1.82, 2.24) is 14.5 Å². The van der Waals surface area contributed by atoms with E-state index in [0.29, 0.717) is 19.0 Å². The zero-order chi connectivity index (χ0) is 22.6. The lowest BCUT2D eigenvalue weighted by atomic mass is 10.2. The summed E-state index contributed by atoms with van der Waals surface area (Å²) in [6.07, 6.45) is 0.442. The molecule has 1 heterocycles. The van der Waals surface area contributed by atoms with Gasteiger partial charge in [0.1, 0.15) is 11.6 Å². The lowest BCUT2D eigenvalue weighted by Gasteiger charge is -2.22. The van der Waals surface area contributed by atoms with Crippen LogP contribution in [0.5, 0.6) is 0 Å². The average molecular weight is 451 g/mol. The van der Waals surface area contributed by atoms with Crippen molar-refractivity contribution in [2.24, 2.45) is 0 Å². The van der Waals surface area contributed by atoms with Gasteiger partial charge in [-0.25, -0.2) is 17.2 Å². The molecule has 0 aromatic heterocycles. The highest BCUT2D eigenvalue weighted by atomic mass is 32.2. The Hall–Kier alpha value is -2.85. The van der Waals surface area contributed by atoms with Crippen LogP contribution in [-0.4, -0.2) is 62.2 Å². The number of halogens is 2. The third-order valence-electron chi connectivity index (χ3n) is 5.04. The predicted octanol–water partition coefficient (Wildman–Crippen LogP) is 1.93. The standard InChI is InChI=1S/C21H23F2N3O4S/c1-15-3-6-17(7-4-15)31(29,30)26-10-2-9-25(11-12-26)20(27)14-24-21(28)18-8-5-16(22)13-19(18)23/h3-8,13H,2,9-12,14H2,1H3,(H,24,28). The molecule has 3 rings (SSSR count). The van der Waals surface area contributed by atoms with Gasteiger partial charge in [0.2, 0.25) is 15.9 Å². The fraction of sp³-hybridized carbons (Fsp3) is 0.333. The van der Waals surface area contributed by atoms with Crippen LogP contribution in [-0.2, 0) is 14.8 Å². The molecule has 7 nitrogen and oxygen atoms in total. The number of sulfonamides is 1. The number of hydrogen-bond donors (Lipinski definition) is 1. The van der Waals surface area contributed by atoms with E-state index in [4.69, 9.17) is 0 Å². The fourth-order valence-electron chi connectivity index (χ4n) is 3.28. The number of benzene rings is 2. The van der Waals surface area contributed by atoms with Gasteiger partial charge in [-0.2, -0.15) is 4.31 Å². The highest BCUT2D eigenvalue weighted by Crippen LogP contribution is 2.18. The van der Waals surface area contributed by atoms with E-state index in [0.717, 1.165) is 17.7 Å². The molecule has 0 bridgehead atoms. The molecule has 166 valence electrons. The molecule has 1 aliphatic heterocycles. The van der Waals surface area contributed by atoms with Crippen LogP contribution in [0.1, 0.15) is 22.3 Å². The topological polar surface area (TPSA) is 86.8 Å². The van der Waals surface area contributed by atoms with Crippen LogP contribution in [0.25, 0.3) is 0 Å². The third kappa shape index (κ3) is 5.45. The van der Waals surface area contributed by atoms with E-state index in [1.54, 1.807) is 24.3 Å². The summed E-state index contributed by atoms with van der Waals surface area (Å²) < 4.78 is 53.7. The molecular formula is C21H23F2N3O4S. The molecule has 1 N–H and O–H groups in total. The van der Waals surface area contributed by atoms with Gasteiger partial charge in [0, 0.05) is 32.2 Å². The van der Waals surface area contributed by atoms with Crippen LogP contribution in [0.3, 0.4) is 0 Å². The summed E-state index contributed by atoms with van der Waals surface area (Å²) in [5.41, 5.74) is 0.592. The molecular weight excluding hydrogens is 428 g/mol. The van der Waals surface area contributed by atoms with Crippen LogP contribution in [0.15, 0.2) is 47.4 Å². The Morgan fingerprint density at radius 1 is 1.00 bits per heavy atom. The molecule has 0 aliphatic carbocycles. The normalized spacial score (nSPS) is 15.4. The van der Waals surface area contributed by atoms with E-state index in [2.05, 4.69) is 5.32 Å². The van der Waals surface area contributed by atoms with Crippen molar-refractivity contribution >= 4 is 21.8 Å². The van der Waals surface area contributed by atoms with Crippen molar-refractivity contribution in [3.63, 3.8) is 0 Å². The molecule has 0 atom stereocenters. The number of nitrogens with one attached hydrogen (secondary N) is 1. The van der Waals surface area contributed by atoms with Crippen molar-refractivity contribution in [1.29, 1.82) is 0 Å². The minimum absolute atomic E-state index is 0.127. The summed E-state index contributed by atoms with van der Waals surface area (Å²) >= 11 is 0. The van der Waals surface area contributed by atoms with Gasteiger partial charge in [-0.15, -0.1) is 0 Å². The van der Waals surface area contributed by atoms with Gasteiger partial charge < -0.3 is 10.2 Å². The van der Waals surface area contributed by atoms with Crippen molar-refractivity contribution in [3.05, 3.63) is 65.2 Å². The van der Waals surface area contributed by atoms with Gasteiger partial charge in [-0.3, -0.25) is 9.59 Å². The second-order valence-electron chi connectivity index (χ2n) is 7.26. The maximum absolute atomic E-state index is 13.7. The first kappa shape index (κ1) is 22.8. The van der Waals surface area contributed by atoms with Crippen LogP contribution in [0, 0.1) is 18.6 Å². The zero-order valence-electron chi connectivity index (χ0n) is 17.0. The maximum atomic E-state index is 13.7. The Morgan fingerprint density at radius 2 is 1.71 bits per heavy atom. The van der Waals surface area contributed by atoms with E-state index in [9.17, 15) is 26.8 Å². The molecule has 0 saturated carbocycles. The number of nitrogens with zero attached hydrogens (tertiary/aromatic N) is 2. The van der Waals surface area contributed by atoms with E-state index in [-0.39, 0.29) is 36.6 Å². The SMILES string of the molecule is Cc1ccc(S(=O)(=O)N2CCCN(C(=O)CNC(=O)c3ccc(F)cc3F)CC2)cc1. The molecule has 0 radical (unpaired) electrons. The number of carbonyl (C=O) groups is 2. The smallest absolute Gasteiger partial charge is 0.254 e. The van der Waals surface area contributed by atoms with E-state index in [1.165, 1.54) is 9.21 Å². The molecule has 1 aliphatic rings. The molecule has 1 fully saturated rings. The van der Waals surface area contributed by atoms with Crippen molar-refractivity contribution < 1.29 is 26.8 Å². The van der Waals surface area contributed by atoms with Crippen LogP contribution in [0.2, 0.25) is 0 Å². The first-order chi connectivity index (χ1) is 14.7. The number of hydrogen-bond acceptors (Lipinski definition) is 4. The van der Waals surface area contributed by atoms with Crippen LogP contribution < -0.4 is 5.32 Å². The minimum atomic E-state index is -3.67. The van der Waals surface area contributed by atoms with Gasteiger partial charge in [-0.05, 0) is 37.6 Å². The summed E-state index contributed by atoms with van der Waals surface area (Å²) in [6.45, 7) is 2.40. The number of amides is 2. The summed E-state index contributed by atoms with van der Waals surface area (Å²) in [4.78, 5) is 26.2. The number of aryl methyl sites for hydroxylation is 1. The van der Waals surface area contributed by atoms with Gasteiger partial charge in [0.25, 0.3) is 5.91 Å². The van der Waals surface area contributed by atoms with Crippen LogP contribution >= 0.6 is 0 Å². The Labute approximate surface area is 179 Å². The third-order valence-corrected chi connectivity index (χ3v) is 6.96. The lowest BCUT2D eigenvalue weighted by molar-refractivity contribution is -0.129. The highest BCUT2D eigenvalue weighted by Gasteiger charge is 2.28. The molecule has 31 heavy (non-hydrogen) atoms. The summed E-state index contributed by atoms with van der Waals surface area (Å²) in [7, 11) is -3.67. The second kappa shape index (κ2) is 9.52. The monoisotopic (exact) mass is 451 g/mol.